The van der Waals surface area contributed by atoms with Crippen molar-refractivity contribution in [1.82, 2.24) is 24.7 Å². The Morgan fingerprint density at radius 2 is 1.68 bits per heavy atom. The molecule has 1 aliphatic heterocycles. The highest BCUT2D eigenvalue weighted by Gasteiger charge is 2.31. The first-order valence-corrected chi connectivity index (χ1v) is 19.0. The molecule has 0 spiro atoms. The van der Waals surface area contributed by atoms with Crippen molar-refractivity contribution in [1.29, 1.82) is 0 Å². The number of nitrogens with two attached hydrogens (primary N) is 1. The Labute approximate surface area is 286 Å². The molecule has 17 heteroatoms. The second kappa shape index (κ2) is 13.7. The van der Waals surface area contributed by atoms with Gasteiger partial charge in [-0.3, -0.25) is 9.99 Å². The van der Waals surface area contributed by atoms with E-state index in [1.165, 1.54) is 48.2 Å². The zero-order chi connectivity index (χ0) is 34.1. The average Bonchev–Trinajstić information content (AvgIpc) is 3.66. The number of nitrogens with zero attached hydrogens (tertiary/aromatic N) is 3. The number of rotatable bonds is 10. The molecule has 0 saturated carbocycles. The second-order valence-electron chi connectivity index (χ2n) is 11.3. The van der Waals surface area contributed by atoms with E-state index in [1.54, 1.807) is 35.5 Å². The zero-order valence-electron chi connectivity index (χ0n) is 25.2. The number of hydrazine groups is 1. The van der Waals surface area contributed by atoms with Crippen molar-refractivity contribution in [3.8, 4) is 5.69 Å². The number of benzene rings is 3. The molecule has 0 atom stereocenters. The highest BCUT2D eigenvalue weighted by molar-refractivity contribution is 7.98. The Morgan fingerprint density at radius 1 is 1.00 bits per heavy atom. The van der Waals surface area contributed by atoms with Crippen LogP contribution in [0.4, 0.5) is 9.18 Å². The van der Waals surface area contributed by atoms with Gasteiger partial charge >= 0.3 is 6.03 Å². The number of urea groups is 1. The van der Waals surface area contributed by atoms with Crippen molar-refractivity contribution in [2.45, 2.75) is 52.8 Å². The second-order valence-corrected chi connectivity index (χ2v) is 16.3. The summed E-state index contributed by atoms with van der Waals surface area (Å²) in [5, 5.41) is 7.62. The number of sulfonamides is 2. The van der Waals surface area contributed by atoms with Crippen LogP contribution in [0.2, 0.25) is 10.0 Å². The predicted octanol–water partition coefficient (Wildman–Crippen LogP) is 5.58. The average molecular weight is 742 g/mol. The quantitative estimate of drug-likeness (QED) is 0.178. The van der Waals surface area contributed by atoms with E-state index in [0.717, 1.165) is 12.8 Å². The number of thioether (sulfide) groups is 1. The van der Waals surface area contributed by atoms with Crippen molar-refractivity contribution in [3.63, 3.8) is 0 Å². The van der Waals surface area contributed by atoms with E-state index in [4.69, 9.17) is 28.3 Å². The van der Waals surface area contributed by atoms with Gasteiger partial charge in [0.05, 0.1) is 21.8 Å². The third-order valence-electron chi connectivity index (χ3n) is 7.70. The van der Waals surface area contributed by atoms with Crippen LogP contribution in [0.5, 0.6) is 0 Å². The van der Waals surface area contributed by atoms with E-state index in [0.29, 0.717) is 40.8 Å². The predicted molar refractivity (Wildman–Crippen MR) is 179 cm³/mol. The maximum absolute atomic E-state index is 13.9. The molecule has 0 unspecified atom stereocenters. The summed E-state index contributed by atoms with van der Waals surface area (Å²) in [6, 6.07) is 13.7. The van der Waals surface area contributed by atoms with Crippen LogP contribution in [0.1, 0.15) is 43.5 Å². The fraction of sp³-hybridized carbons (Fsp3) is 0.267. The lowest BCUT2D eigenvalue weighted by atomic mass is 9.81. The molecular weight excluding hydrogens is 710 g/mol. The molecule has 4 aromatic rings. The number of imidazole rings is 1. The molecule has 250 valence electrons. The Balaban J connectivity index is 1.41. The summed E-state index contributed by atoms with van der Waals surface area (Å²) in [6.07, 6.45) is 3.50. The number of carbonyl (C=O) groups excluding carboxylic acids is 1. The van der Waals surface area contributed by atoms with Crippen molar-refractivity contribution >= 4 is 61.0 Å². The van der Waals surface area contributed by atoms with Crippen LogP contribution in [0.3, 0.4) is 0 Å². The molecule has 4 N–H and O–H groups in total. The smallest absolute Gasteiger partial charge is 0.291 e. The number of halogens is 3. The highest BCUT2D eigenvalue weighted by atomic mass is 35.5. The molecule has 2 heterocycles. The van der Waals surface area contributed by atoms with Gasteiger partial charge in [0.25, 0.3) is 10.0 Å². The van der Waals surface area contributed by atoms with Gasteiger partial charge in [-0.1, -0.05) is 60.9 Å². The van der Waals surface area contributed by atoms with Crippen LogP contribution in [-0.2, 0) is 31.2 Å². The summed E-state index contributed by atoms with van der Waals surface area (Å²) in [6.45, 7) is 5.12. The third kappa shape index (κ3) is 7.94. The molecule has 47 heavy (non-hydrogen) atoms. The van der Waals surface area contributed by atoms with Gasteiger partial charge in [0, 0.05) is 35.0 Å². The normalized spacial score (nSPS) is 14.3. The van der Waals surface area contributed by atoms with E-state index in [1.807, 2.05) is 23.1 Å². The van der Waals surface area contributed by atoms with Gasteiger partial charge in [0.15, 0.2) is 5.16 Å². The minimum atomic E-state index is -4.18. The number of hydrogen-bond acceptors (Lipinski definition) is 8. The topological polar surface area (TPSA) is 156 Å². The molecule has 0 bridgehead atoms. The van der Waals surface area contributed by atoms with Crippen LogP contribution in [0.15, 0.2) is 81.8 Å². The Morgan fingerprint density at radius 3 is 2.30 bits per heavy atom. The van der Waals surface area contributed by atoms with E-state index in [-0.39, 0.29) is 25.6 Å². The van der Waals surface area contributed by atoms with Crippen molar-refractivity contribution in [2.75, 3.05) is 13.1 Å². The lowest BCUT2D eigenvalue weighted by molar-refractivity contribution is 0.202. The van der Waals surface area contributed by atoms with Gasteiger partial charge in [-0.15, -0.1) is 0 Å². The number of hydrogen-bond donors (Lipinski definition) is 3. The van der Waals surface area contributed by atoms with Crippen LogP contribution in [-0.4, -0.2) is 50.5 Å². The number of aromatic nitrogens is 2. The number of primary sulfonamides is 1. The fourth-order valence-corrected chi connectivity index (χ4v) is 8.52. The maximum Gasteiger partial charge on any atom is 0.343 e. The third-order valence-corrected chi connectivity index (χ3v) is 11.8. The van der Waals surface area contributed by atoms with Crippen molar-refractivity contribution < 1.29 is 26.0 Å². The summed E-state index contributed by atoms with van der Waals surface area (Å²) in [7, 11) is -8.21. The van der Waals surface area contributed by atoms with Crippen LogP contribution >= 0.6 is 35.0 Å². The molecule has 3 aromatic carbocycles. The molecule has 1 aliphatic rings. The van der Waals surface area contributed by atoms with Gasteiger partial charge in [-0.25, -0.2) is 45.9 Å². The molecule has 1 aromatic heterocycles. The van der Waals surface area contributed by atoms with Crippen molar-refractivity contribution in [3.05, 3.63) is 99.5 Å². The maximum atomic E-state index is 13.9. The number of carbonyl (C=O) groups is 1. The summed E-state index contributed by atoms with van der Waals surface area (Å²) >= 11 is 14.1. The zero-order valence-corrected chi connectivity index (χ0v) is 29.2. The van der Waals surface area contributed by atoms with Gasteiger partial charge in [-0.2, -0.15) is 0 Å². The molecule has 1 fully saturated rings. The minimum absolute atomic E-state index is 0.0250. The van der Waals surface area contributed by atoms with E-state index < -0.39 is 37.3 Å². The van der Waals surface area contributed by atoms with E-state index in [2.05, 4.69) is 10.4 Å². The van der Waals surface area contributed by atoms with Gasteiger partial charge < -0.3 is 0 Å². The van der Waals surface area contributed by atoms with Crippen LogP contribution < -0.4 is 15.3 Å². The Bertz CT molecular complexity index is 2030. The highest BCUT2D eigenvalue weighted by Crippen LogP contribution is 2.39. The fourth-order valence-electron chi connectivity index (χ4n) is 5.12. The first-order valence-electron chi connectivity index (χ1n) is 14.2. The summed E-state index contributed by atoms with van der Waals surface area (Å²) in [5.41, 5.74) is 4.35. The van der Waals surface area contributed by atoms with Crippen molar-refractivity contribution in [2.24, 2.45) is 5.14 Å². The molecule has 0 aliphatic carbocycles. The molecule has 0 radical (unpaired) electrons. The van der Waals surface area contributed by atoms with Crippen LogP contribution in [0.25, 0.3) is 5.69 Å². The molecule has 5 rings (SSSR count). The number of nitrogens with one attached hydrogen (secondary N) is 2. The van der Waals surface area contributed by atoms with E-state index in [9.17, 15) is 26.0 Å². The summed E-state index contributed by atoms with van der Waals surface area (Å²) in [4.78, 5) is 16.5. The first-order chi connectivity index (χ1) is 22.1. The minimum Gasteiger partial charge on any atom is -0.291 e. The van der Waals surface area contributed by atoms with Gasteiger partial charge in [-0.05, 0) is 72.5 Å². The van der Waals surface area contributed by atoms with E-state index >= 15 is 0 Å². The SMILES string of the molecule is CC(C)(c1ccc(S(N)(=O)=O)c(Cl)c1)c1cnc(SCc2ccc(S(=O)(=O)NC(=O)NN3CCCC3)cc2Cl)n1-c1ccc(F)cc1. The Kier molecular flexibility index (Phi) is 10.3. The van der Waals surface area contributed by atoms with Crippen LogP contribution in [0, 0.1) is 5.82 Å². The summed E-state index contributed by atoms with van der Waals surface area (Å²) in [5.74, 6) is -0.131. The lowest BCUT2D eigenvalue weighted by Crippen LogP contribution is -2.47. The lowest BCUT2D eigenvalue weighted by Gasteiger charge is -2.28. The standard InChI is InChI=1S/C30H31Cl2FN6O5S3/c1-30(2,20-6-12-26(25(32)15-20)46(34,41)42)27-17-35-29(39(27)22-9-7-21(33)8-10-22)45-18-19-5-11-23(16-24(19)31)47(43,44)37-28(40)36-38-13-3-4-14-38/h5-12,15-17H,3-4,13-14,18H2,1-2H3,(H2,34,41,42)(H2,36,37,40). The van der Waals surface area contributed by atoms with Gasteiger partial charge in [0.1, 0.15) is 10.7 Å². The largest absolute Gasteiger partial charge is 0.343 e. The molecule has 2 amide bonds. The molecular formula is C30H31Cl2FN6O5S3. The van der Waals surface area contributed by atoms with Gasteiger partial charge in [0.2, 0.25) is 10.0 Å². The molecule has 11 nitrogen and oxygen atoms in total. The Hall–Kier alpha value is -3.18. The monoisotopic (exact) mass is 740 g/mol. The number of amides is 2. The molecule has 1 saturated heterocycles. The first kappa shape index (κ1) is 35.1. The summed E-state index contributed by atoms with van der Waals surface area (Å²) < 4.78 is 67.3.